The number of thioether (sulfide) groups is 1. The van der Waals surface area contributed by atoms with E-state index < -0.39 is 0 Å². The molecule has 0 aliphatic carbocycles. The molecule has 2 aromatic heterocycles. The molecular weight excluding hydrogens is 348 g/mol. The molecule has 7 nitrogen and oxygen atoms in total. The van der Waals surface area contributed by atoms with E-state index in [0.717, 1.165) is 18.5 Å². The zero-order valence-electron chi connectivity index (χ0n) is 14.8. The largest absolute Gasteiger partial charge is 0.354 e. The first-order chi connectivity index (χ1) is 12.6. The van der Waals surface area contributed by atoms with Gasteiger partial charge in [0.2, 0.25) is 0 Å². The molecule has 1 amide bonds. The number of nitriles is 1. The van der Waals surface area contributed by atoms with E-state index in [0.29, 0.717) is 41.7 Å². The number of pyridine rings is 1. The van der Waals surface area contributed by atoms with Gasteiger partial charge in [-0.05, 0) is 31.2 Å². The minimum absolute atomic E-state index is 0.00366. The van der Waals surface area contributed by atoms with E-state index in [-0.39, 0.29) is 5.91 Å². The summed E-state index contributed by atoms with van der Waals surface area (Å²) in [6, 6.07) is 4.03. The average Bonchev–Trinajstić information content (AvgIpc) is 2.93. The van der Waals surface area contributed by atoms with Crippen LogP contribution in [-0.2, 0) is 0 Å². The maximum Gasteiger partial charge on any atom is 0.255 e. The highest BCUT2D eigenvalue weighted by Gasteiger charge is 2.23. The summed E-state index contributed by atoms with van der Waals surface area (Å²) in [4.78, 5) is 29.5. The van der Waals surface area contributed by atoms with Crippen molar-refractivity contribution in [1.29, 1.82) is 5.26 Å². The molecule has 0 radical (unpaired) electrons. The van der Waals surface area contributed by atoms with Gasteiger partial charge in [0.15, 0.2) is 11.0 Å². The SMILES string of the molecule is CSc1ncc(C#N)c(N2CCCN(C(=O)c3cncc(C)c3)CC2)n1. The van der Waals surface area contributed by atoms with Crippen molar-refractivity contribution in [3.8, 4) is 6.07 Å². The second kappa shape index (κ2) is 8.15. The lowest BCUT2D eigenvalue weighted by atomic mass is 10.2. The second-order valence-electron chi connectivity index (χ2n) is 6.09. The maximum absolute atomic E-state index is 12.8. The van der Waals surface area contributed by atoms with Crippen molar-refractivity contribution in [2.75, 3.05) is 37.3 Å². The molecule has 8 heteroatoms. The van der Waals surface area contributed by atoms with Crippen LogP contribution in [0.15, 0.2) is 29.8 Å². The van der Waals surface area contributed by atoms with Gasteiger partial charge in [-0.2, -0.15) is 5.26 Å². The molecule has 0 N–H and O–H groups in total. The van der Waals surface area contributed by atoms with E-state index in [1.807, 2.05) is 24.1 Å². The lowest BCUT2D eigenvalue weighted by Gasteiger charge is -2.23. The first-order valence-electron chi connectivity index (χ1n) is 8.39. The van der Waals surface area contributed by atoms with Crippen molar-refractivity contribution in [3.05, 3.63) is 41.3 Å². The lowest BCUT2D eigenvalue weighted by molar-refractivity contribution is 0.0766. The standard InChI is InChI=1S/C18H20N6OS/c1-13-8-14(11-20-10-13)17(25)24-5-3-4-23(6-7-24)16-15(9-19)12-21-18(22-16)26-2/h8,10-12H,3-7H2,1-2H3. The predicted octanol–water partition coefficient (Wildman–Crippen LogP) is 2.13. The molecule has 1 fully saturated rings. The van der Waals surface area contributed by atoms with Crippen molar-refractivity contribution in [2.24, 2.45) is 0 Å². The Morgan fingerprint density at radius 2 is 2.08 bits per heavy atom. The number of hydrogen-bond donors (Lipinski definition) is 0. The maximum atomic E-state index is 12.8. The number of rotatable bonds is 3. The zero-order chi connectivity index (χ0) is 18.5. The Bertz CT molecular complexity index is 850. The molecule has 3 heterocycles. The van der Waals surface area contributed by atoms with Crippen LogP contribution >= 0.6 is 11.8 Å². The van der Waals surface area contributed by atoms with Crippen molar-refractivity contribution < 1.29 is 4.79 Å². The number of nitrogens with zero attached hydrogens (tertiary/aromatic N) is 6. The van der Waals surface area contributed by atoms with Gasteiger partial charge in [0.05, 0.1) is 11.8 Å². The van der Waals surface area contributed by atoms with E-state index in [4.69, 9.17) is 0 Å². The molecule has 134 valence electrons. The van der Waals surface area contributed by atoms with Crippen LogP contribution in [0.5, 0.6) is 0 Å². The van der Waals surface area contributed by atoms with Gasteiger partial charge < -0.3 is 9.80 Å². The minimum atomic E-state index is -0.00366. The van der Waals surface area contributed by atoms with Crippen molar-refractivity contribution in [2.45, 2.75) is 18.5 Å². The highest BCUT2D eigenvalue weighted by atomic mass is 32.2. The van der Waals surface area contributed by atoms with Gasteiger partial charge >= 0.3 is 0 Å². The first kappa shape index (κ1) is 18.1. The summed E-state index contributed by atoms with van der Waals surface area (Å²) in [5.41, 5.74) is 2.05. The quantitative estimate of drug-likeness (QED) is 0.606. The van der Waals surface area contributed by atoms with Crippen LogP contribution in [0.3, 0.4) is 0 Å². The first-order valence-corrected chi connectivity index (χ1v) is 9.62. The summed E-state index contributed by atoms with van der Waals surface area (Å²) in [5.74, 6) is 0.648. The fraction of sp³-hybridized carbons (Fsp3) is 0.389. The van der Waals surface area contributed by atoms with Crippen molar-refractivity contribution in [3.63, 3.8) is 0 Å². The van der Waals surface area contributed by atoms with Gasteiger partial charge in [-0.15, -0.1) is 0 Å². The van der Waals surface area contributed by atoms with Gasteiger partial charge in [-0.25, -0.2) is 9.97 Å². The van der Waals surface area contributed by atoms with Crippen LogP contribution < -0.4 is 4.90 Å². The van der Waals surface area contributed by atoms with E-state index in [2.05, 4.69) is 25.9 Å². The number of amides is 1. The summed E-state index contributed by atoms with van der Waals surface area (Å²) in [6.45, 7) is 4.55. The molecule has 0 saturated carbocycles. The summed E-state index contributed by atoms with van der Waals surface area (Å²) < 4.78 is 0. The molecule has 0 aromatic carbocycles. The average molecular weight is 368 g/mol. The predicted molar refractivity (Wildman–Crippen MR) is 100 cm³/mol. The van der Waals surface area contributed by atoms with Gasteiger partial charge in [0.25, 0.3) is 5.91 Å². The van der Waals surface area contributed by atoms with Crippen LogP contribution in [-0.4, -0.2) is 58.2 Å². The normalized spacial score (nSPS) is 14.7. The molecule has 1 saturated heterocycles. The molecule has 0 atom stereocenters. The number of hydrogen-bond acceptors (Lipinski definition) is 7. The Hall–Kier alpha value is -2.66. The topological polar surface area (TPSA) is 86.0 Å². The van der Waals surface area contributed by atoms with Crippen LogP contribution in [0, 0.1) is 18.3 Å². The van der Waals surface area contributed by atoms with E-state index in [1.54, 1.807) is 18.6 Å². The highest BCUT2D eigenvalue weighted by molar-refractivity contribution is 7.98. The van der Waals surface area contributed by atoms with Crippen LogP contribution in [0.25, 0.3) is 0 Å². The lowest BCUT2D eigenvalue weighted by Crippen LogP contribution is -2.35. The Kier molecular flexibility index (Phi) is 5.68. The second-order valence-corrected chi connectivity index (χ2v) is 6.86. The Morgan fingerprint density at radius 1 is 1.23 bits per heavy atom. The zero-order valence-corrected chi connectivity index (χ0v) is 15.7. The third kappa shape index (κ3) is 3.94. The molecule has 0 unspecified atom stereocenters. The number of anilines is 1. The van der Waals surface area contributed by atoms with Crippen LogP contribution in [0.1, 0.15) is 27.9 Å². The Labute approximate surface area is 157 Å². The fourth-order valence-corrected chi connectivity index (χ4v) is 3.30. The van der Waals surface area contributed by atoms with Gasteiger partial charge in [0.1, 0.15) is 11.6 Å². The van der Waals surface area contributed by atoms with E-state index in [9.17, 15) is 10.1 Å². The van der Waals surface area contributed by atoms with Gasteiger partial charge in [0, 0.05) is 38.6 Å². The minimum Gasteiger partial charge on any atom is -0.354 e. The number of aryl methyl sites for hydroxylation is 1. The van der Waals surface area contributed by atoms with Gasteiger partial charge in [-0.3, -0.25) is 9.78 Å². The number of carbonyl (C=O) groups is 1. The smallest absolute Gasteiger partial charge is 0.255 e. The van der Waals surface area contributed by atoms with E-state index in [1.165, 1.54) is 11.8 Å². The molecular formula is C18H20N6OS. The Morgan fingerprint density at radius 3 is 2.81 bits per heavy atom. The van der Waals surface area contributed by atoms with Crippen LogP contribution in [0.4, 0.5) is 5.82 Å². The molecule has 2 aromatic rings. The molecule has 26 heavy (non-hydrogen) atoms. The fourth-order valence-electron chi connectivity index (χ4n) is 2.96. The molecule has 0 bridgehead atoms. The Balaban J connectivity index is 1.77. The monoisotopic (exact) mass is 368 g/mol. The molecule has 1 aliphatic heterocycles. The summed E-state index contributed by atoms with van der Waals surface area (Å²) in [5, 5.41) is 10.0. The third-order valence-electron chi connectivity index (χ3n) is 4.25. The van der Waals surface area contributed by atoms with Crippen molar-refractivity contribution in [1.82, 2.24) is 19.9 Å². The van der Waals surface area contributed by atoms with Crippen LogP contribution in [0.2, 0.25) is 0 Å². The molecule has 3 rings (SSSR count). The molecule has 0 spiro atoms. The number of aromatic nitrogens is 3. The van der Waals surface area contributed by atoms with E-state index >= 15 is 0 Å². The third-order valence-corrected chi connectivity index (χ3v) is 4.82. The van der Waals surface area contributed by atoms with Gasteiger partial charge in [-0.1, -0.05) is 11.8 Å². The summed E-state index contributed by atoms with van der Waals surface area (Å²) in [6.07, 6.45) is 7.64. The number of carbonyl (C=O) groups excluding carboxylic acids is 1. The summed E-state index contributed by atoms with van der Waals surface area (Å²) in [7, 11) is 0. The molecule has 1 aliphatic rings. The van der Waals surface area contributed by atoms with Crippen molar-refractivity contribution >= 4 is 23.5 Å². The highest BCUT2D eigenvalue weighted by Crippen LogP contribution is 2.22. The summed E-state index contributed by atoms with van der Waals surface area (Å²) >= 11 is 1.45.